The van der Waals surface area contributed by atoms with Crippen LogP contribution in [-0.4, -0.2) is 53.4 Å². The number of ether oxygens (including phenoxy) is 1. The molecule has 2 N–H and O–H groups in total. The lowest BCUT2D eigenvalue weighted by atomic mass is 10.1. The summed E-state index contributed by atoms with van der Waals surface area (Å²) in [6, 6.07) is 16.0. The van der Waals surface area contributed by atoms with Crippen LogP contribution in [0.1, 0.15) is 11.1 Å². The van der Waals surface area contributed by atoms with Gasteiger partial charge in [0.15, 0.2) is 0 Å². The highest BCUT2D eigenvalue weighted by atomic mass is 32.2. The van der Waals surface area contributed by atoms with Crippen molar-refractivity contribution in [2.45, 2.75) is 12.5 Å². The van der Waals surface area contributed by atoms with Gasteiger partial charge in [-0.05, 0) is 35.9 Å². The number of hydrogen-bond acceptors (Lipinski definition) is 6. The summed E-state index contributed by atoms with van der Waals surface area (Å²) in [7, 11) is 1.52. The summed E-state index contributed by atoms with van der Waals surface area (Å²) in [6.07, 6.45) is 2.02. The Morgan fingerprint density at radius 2 is 1.87 bits per heavy atom. The van der Waals surface area contributed by atoms with Crippen LogP contribution in [0, 0.1) is 0 Å². The Hall–Kier alpha value is -3.10. The molecule has 0 saturated carbocycles. The van der Waals surface area contributed by atoms with Crippen LogP contribution in [0.15, 0.2) is 59.5 Å². The van der Waals surface area contributed by atoms with E-state index >= 15 is 0 Å². The number of imide groups is 1. The van der Waals surface area contributed by atoms with Gasteiger partial charge in [0.2, 0.25) is 5.91 Å². The van der Waals surface area contributed by atoms with Crippen LogP contribution >= 0.6 is 11.8 Å². The molecule has 8 heteroatoms. The van der Waals surface area contributed by atoms with Crippen molar-refractivity contribution < 1.29 is 24.2 Å². The van der Waals surface area contributed by atoms with Crippen LogP contribution in [0.2, 0.25) is 0 Å². The number of para-hydroxylation sites is 1. The number of methoxy groups -OCH3 is 1. The van der Waals surface area contributed by atoms with E-state index in [2.05, 4.69) is 5.32 Å². The number of nitrogens with one attached hydrogen (secondary N) is 1. The number of carbonyl (C=O) groups is 3. The lowest BCUT2D eigenvalue weighted by Gasteiger charge is -2.18. The van der Waals surface area contributed by atoms with Crippen molar-refractivity contribution in [1.29, 1.82) is 0 Å². The Bertz CT molecular complexity index is 961. The number of aliphatic hydroxyl groups excluding tert-OH is 1. The monoisotopic (exact) mass is 426 g/mol. The van der Waals surface area contributed by atoms with Gasteiger partial charge in [-0.25, -0.2) is 0 Å². The van der Waals surface area contributed by atoms with Gasteiger partial charge < -0.3 is 15.2 Å². The van der Waals surface area contributed by atoms with Crippen molar-refractivity contribution >= 4 is 34.9 Å². The van der Waals surface area contributed by atoms with Gasteiger partial charge >= 0.3 is 0 Å². The standard InChI is InChI=1S/C22H22N2O5S/c1-29-18-10-6-5-9-16(18)12-19-21(27)24(22(28)30-19)13-20(26)23-17(14-25)11-15-7-3-2-4-8-15/h2-10,12,17,25H,11,13-14H2,1H3,(H,23,26)/b19-12+. The van der Waals surface area contributed by atoms with E-state index in [0.717, 1.165) is 22.2 Å². The maximum atomic E-state index is 12.6. The second-order valence-electron chi connectivity index (χ2n) is 6.65. The van der Waals surface area contributed by atoms with Gasteiger partial charge in [-0.2, -0.15) is 0 Å². The predicted molar refractivity (Wildman–Crippen MR) is 115 cm³/mol. The molecule has 156 valence electrons. The van der Waals surface area contributed by atoms with Crippen molar-refractivity contribution in [2.75, 3.05) is 20.3 Å². The van der Waals surface area contributed by atoms with Crippen LogP contribution < -0.4 is 10.1 Å². The first-order valence-corrected chi connectivity index (χ1v) is 10.2. The Balaban J connectivity index is 1.64. The molecule has 1 fully saturated rings. The van der Waals surface area contributed by atoms with Gasteiger partial charge in [0.1, 0.15) is 12.3 Å². The minimum Gasteiger partial charge on any atom is -0.496 e. The van der Waals surface area contributed by atoms with Gasteiger partial charge in [-0.1, -0.05) is 48.5 Å². The van der Waals surface area contributed by atoms with Crippen LogP contribution in [0.25, 0.3) is 6.08 Å². The molecule has 0 aliphatic carbocycles. The molecule has 1 heterocycles. The van der Waals surface area contributed by atoms with E-state index in [-0.39, 0.29) is 11.5 Å². The second kappa shape index (κ2) is 10.1. The number of nitrogens with zero attached hydrogens (tertiary/aromatic N) is 1. The molecule has 0 spiro atoms. The van der Waals surface area contributed by atoms with E-state index < -0.39 is 29.6 Å². The summed E-state index contributed by atoms with van der Waals surface area (Å²) in [5, 5.41) is 11.7. The average molecular weight is 426 g/mol. The topological polar surface area (TPSA) is 95.9 Å². The maximum absolute atomic E-state index is 12.6. The van der Waals surface area contributed by atoms with Gasteiger partial charge in [-0.3, -0.25) is 19.3 Å². The second-order valence-corrected chi connectivity index (χ2v) is 7.64. The lowest BCUT2D eigenvalue weighted by molar-refractivity contribution is -0.129. The van der Waals surface area contributed by atoms with Gasteiger partial charge in [0.05, 0.1) is 24.7 Å². The fourth-order valence-corrected chi connectivity index (χ4v) is 3.87. The molecular weight excluding hydrogens is 404 g/mol. The van der Waals surface area contributed by atoms with Crippen molar-refractivity contribution in [3.05, 3.63) is 70.6 Å². The first-order valence-electron chi connectivity index (χ1n) is 9.34. The molecule has 30 heavy (non-hydrogen) atoms. The summed E-state index contributed by atoms with van der Waals surface area (Å²) in [6.45, 7) is -0.657. The molecule has 2 aromatic carbocycles. The number of rotatable bonds is 8. The zero-order valence-electron chi connectivity index (χ0n) is 16.4. The van der Waals surface area contributed by atoms with Crippen LogP contribution in [0.4, 0.5) is 4.79 Å². The Morgan fingerprint density at radius 3 is 2.57 bits per heavy atom. The minimum absolute atomic E-state index is 0.222. The SMILES string of the molecule is COc1ccccc1/C=C1/SC(=O)N(CC(=O)NC(CO)Cc2ccccc2)C1=O. The van der Waals surface area contributed by atoms with Crippen molar-refractivity contribution in [3.63, 3.8) is 0 Å². The smallest absolute Gasteiger partial charge is 0.294 e. The molecule has 3 amide bonds. The van der Waals surface area contributed by atoms with E-state index in [1.54, 1.807) is 30.3 Å². The number of benzene rings is 2. The fraction of sp³-hybridized carbons (Fsp3) is 0.227. The third kappa shape index (κ3) is 5.28. The normalized spacial score (nSPS) is 16.1. The maximum Gasteiger partial charge on any atom is 0.294 e. The minimum atomic E-state index is -0.533. The summed E-state index contributed by atoms with van der Waals surface area (Å²) in [5.74, 6) is -0.464. The number of amides is 3. The van der Waals surface area contributed by atoms with Crippen LogP contribution in [0.5, 0.6) is 5.75 Å². The summed E-state index contributed by atoms with van der Waals surface area (Å²) >= 11 is 0.779. The van der Waals surface area contributed by atoms with Crippen molar-refractivity contribution in [3.8, 4) is 5.75 Å². The zero-order valence-corrected chi connectivity index (χ0v) is 17.2. The van der Waals surface area contributed by atoms with Gasteiger partial charge in [-0.15, -0.1) is 0 Å². The first kappa shape index (κ1) is 21.6. The summed E-state index contributed by atoms with van der Waals surface area (Å²) < 4.78 is 5.26. The summed E-state index contributed by atoms with van der Waals surface area (Å²) in [5.41, 5.74) is 1.63. The molecule has 0 aromatic heterocycles. The van der Waals surface area contributed by atoms with Crippen LogP contribution in [-0.2, 0) is 16.0 Å². The first-order chi connectivity index (χ1) is 14.5. The number of carbonyl (C=O) groups excluding carboxylic acids is 3. The molecule has 0 bridgehead atoms. The quantitative estimate of drug-likeness (QED) is 0.630. The molecule has 2 aromatic rings. The lowest BCUT2D eigenvalue weighted by Crippen LogP contribution is -2.45. The van der Waals surface area contributed by atoms with Crippen molar-refractivity contribution in [2.24, 2.45) is 0 Å². The highest BCUT2D eigenvalue weighted by Crippen LogP contribution is 2.33. The molecule has 3 rings (SSSR count). The number of thioether (sulfide) groups is 1. The number of aliphatic hydroxyl groups is 1. The van der Waals surface area contributed by atoms with E-state index in [0.29, 0.717) is 17.7 Å². The van der Waals surface area contributed by atoms with Crippen molar-refractivity contribution in [1.82, 2.24) is 10.2 Å². The molecule has 1 atom stereocenters. The molecule has 0 radical (unpaired) electrons. The Kier molecular flexibility index (Phi) is 7.26. The van der Waals surface area contributed by atoms with E-state index in [1.165, 1.54) is 7.11 Å². The van der Waals surface area contributed by atoms with E-state index in [9.17, 15) is 19.5 Å². The van der Waals surface area contributed by atoms with Gasteiger partial charge in [0, 0.05) is 5.56 Å². The van der Waals surface area contributed by atoms with E-state index in [1.807, 2.05) is 30.3 Å². The predicted octanol–water partition coefficient (Wildman–Crippen LogP) is 2.45. The molecule has 1 saturated heterocycles. The van der Waals surface area contributed by atoms with E-state index in [4.69, 9.17) is 4.74 Å². The molecule has 1 aliphatic heterocycles. The molecule has 7 nitrogen and oxygen atoms in total. The van der Waals surface area contributed by atoms with Gasteiger partial charge in [0.25, 0.3) is 11.1 Å². The third-order valence-corrected chi connectivity index (χ3v) is 5.42. The van der Waals surface area contributed by atoms with Crippen LogP contribution in [0.3, 0.4) is 0 Å². The Morgan fingerprint density at radius 1 is 1.17 bits per heavy atom. The largest absolute Gasteiger partial charge is 0.496 e. The summed E-state index contributed by atoms with van der Waals surface area (Å²) in [4.78, 5) is 38.5. The Labute approximate surface area is 178 Å². The average Bonchev–Trinajstić information content (AvgIpc) is 3.01. The zero-order chi connectivity index (χ0) is 21.5. The molecule has 1 unspecified atom stereocenters. The molecule has 1 aliphatic rings. The number of hydrogen-bond donors (Lipinski definition) is 2. The molecular formula is C22H22N2O5S. The highest BCUT2D eigenvalue weighted by Gasteiger charge is 2.36. The highest BCUT2D eigenvalue weighted by molar-refractivity contribution is 8.18. The third-order valence-electron chi connectivity index (χ3n) is 4.51. The fourth-order valence-electron chi connectivity index (χ4n) is 3.04.